The molecule has 0 saturated heterocycles. The highest BCUT2D eigenvalue weighted by Gasteiger charge is 2.23. The van der Waals surface area contributed by atoms with E-state index in [0.29, 0.717) is 42.4 Å². The smallest absolute Gasteiger partial charge is 0.337 e. The topological polar surface area (TPSA) is 82.0 Å². The monoisotopic (exact) mass is 480 g/mol. The third kappa shape index (κ3) is 5.30. The Balaban J connectivity index is 1.89. The first-order valence-electron chi connectivity index (χ1n) is 11.6. The summed E-state index contributed by atoms with van der Waals surface area (Å²) >= 11 is 0. The summed E-state index contributed by atoms with van der Waals surface area (Å²) in [5.74, 6) is 0.789. The van der Waals surface area contributed by atoms with Crippen LogP contribution < -0.4 is 19.5 Å². The molecule has 0 unspecified atom stereocenters. The van der Waals surface area contributed by atoms with E-state index in [4.69, 9.17) is 14.2 Å². The number of aryl methyl sites for hydroxylation is 3. The molecule has 1 heterocycles. The fourth-order valence-corrected chi connectivity index (χ4v) is 4.87. The molecule has 3 aromatic rings. The summed E-state index contributed by atoms with van der Waals surface area (Å²) < 4.78 is 18.4. The van der Waals surface area contributed by atoms with Gasteiger partial charge in [0.1, 0.15) is 0 Å². The number of aromatic nitrogens is 1. The Hall–Kier alpha value is -3.45. The maximum atomic E-state index is 12.2. The molecule has 0 fully saturated rings. The van der Waals surface area contributed by atoms with E-state index < -0.39 is 5.97 Å². The molecule has 0 bridgehead atoms. The number of rotatable bonds is 10. The lowest BCUT2D eigenvalue weighted by atomic mass is 9.99. The van der Waals surface area contributed by atoms with E-state index >= 15 is 0 Å². The predicted octanol–water partition coefficient (Wildman–Crippen LogP) is 5.09. The molecule has 0 spiro atoms. The van der Waals surface area contributed by atoms with Crippen molar-refractivity contribution in [2.24, 2.45) is 0 Å². The largest absolute Gasteiger partial charge is 0.493 e. The molecule has 7 heteroatoms. The third-order valence-electron chi connectivity index (χ3n) is 6.64. The van der Waals surface area contributed by atoms with E-state index in [2.05, 4.69) is 42.8 Å². The average molecular weight is 481 g/mol. The van der Waals surface area contributed by atoms with Crippen LogP contribution in [0.3, 0.4) is 0 Å². The third-order valence-corrected chi connectivity index (χ3v) is 6.64. The van der Waals surface area contributed by atoms with Gasteiger partial charge in [0.15, 0.2) is 11.5 Å². The van der Waals surface area contributed by atoms with Gasteiger partial charge in [-0.25, -0.2) is 4.79 Å². The number of methoxy groups -OCH3 is 3. The molecule has 2 N–H and O–H groups in total. The van der Waals surface area contributed by atoms with Gasteiger partial charge < -0.3 is 29.2 Å². The standard InChI is InChI=1S/C28H36N2O5/c1-16-9-17(2)23(18(3)10-16)15-30-19(4)22(26(20(30)5)28(31)32)14-29-13-21-11-24(33-6)27(35-8)25(12-21)34-7/h9-12,29H,13-15H2,1-8H3,(H,31,32). The second kappa shape index (κ2) is 10.9. The van der Waals surface area contributed by atoms with Crippen LogP contribution in [-0.4, -0.2) is 37.0 Å². The van der Waals surface area contributed by atoms with E-state index in [0.717, 1.165) is 22.5 Å². The Bertz CT molecular complexity index is 1190. The van der Waals surface area contributed by atoms with Crippen molar-refractivity contribution in [3.05, 3.63) is 74.6 Å². The summed E-state index contributed by atoms with van der Waals surface area (Å²) in [6.07, 6.45) is 0. The van der Waals surface area contributed by atoms with Crippen molar-refractivity contribution in [2.75, 3.05) is 21.3 Å². The summed E-state index contributed by atoms with van der Waals surface area (Å²) in [7, 11) is 4.74. The lowest BCUT2D eigenvalue weighted by molar-refractivity contribution is 0.0694. The van der Waals surface area contributed by atoms with Crippen molar-refractivity contribution in [2.45, 2.75) is 54.3 Å². The Labute approximate surface area is 207 Å². The number of carboxylic acid groups (broad SMARTS) is 1. The van der Waals surface area contributed by atoms with Crippen molar-refractivity contribution in [1.29, 1.82) is 0 Å². The molecule has 7 nitrogen and oxygen atoms in total. The van der Waals surface area contributed by atoms with Gasteiger partial charge in [-0.15, -0.1) is 0 Å². The van der Waals surface area contributed by atoms with Gasteiger partial charge in [0.2, 0.25) is 5.75 Å². The Morgan fingerprint density at radius 1 is 0.829 bits per heavy atom. The highest BCUT2D eigenvalue weighted by atomic mass is 16.5. The Morgan fingerprint density at radius 3 is 1.89 bits per heavy atom. The van der Waals surface area contributed by atoms with Crippen LogP contribution in [0.1, 0.15) is 55.1 Å². The molecular formula is C28H36N2O5. The summed E-state index contributed by atoms with van der Waals surface area (Å²) in [4.78, 5) is 12.2. The zero-order valence-corrected chi connectivity index (χ0v) is 22.0. The first-order chi connectivity index (χ1) is 16.6. The van der Waals surface area contributed by atoms with Crippen molar-refractivity contribution in [1.82, 2.24) is 9.88 Å². The quantitative estimate of drug-likeness (QED) is 0.421. The molecule has 3 rings (SSSR count). The number of carbonyl (C=O) groups is 1. The van der Waals surface area contributed by atoms with Crippen molar-refractivity contribution in [3.63, 3.8) is 0 Å². The van der Waals surface area contributed by atoms with Gasteiger partial charge in [-0.1, -0.05) is 17.7 Å². The van der Waals surface area contributed by atoms with Gasteiger partial charge in [0.05, 0.1) is 26.9 Å². The van der Waals surface area contributed by atoms with Crippen LogP contribution in [0.2, 0.25) is 0 Å². The van der Waals surface area contributed by atoms with Gasteiger partial charge in [0.25, 0.3) is 0 Å². The lowest BCUT2D eigenvalue weighted by Gasteiger charge is -2.16. The highest BCUT2D eigenvalue weighted by Crippen LogP contribution is 2.38. The molecule has 0 saturated carbocycles. The average Bonchev–Trinajstić information content (AvgIpc) is 3.04. The van der Waals surface area contributed by atoms with E-state index in [1.165, 1.54) is 22.3 Å². The Kier molecular flexibility index (Phi) is 8.12. The first-order valence-corrected chi connectivity index (χ1v) is 11.6. The second-order valence-corrected chi connectivity index (χ2v) is 8.93. The molecule has 0 aliphatic heterocycles. The number of benzene rings is 2. The number of hydrogen-bond donors (Lipinski definition) is 2. The van der Waals surface area contributed by atoms with Gasteiger partial charge in [-0.05, 0) is 69.0 Å². The van der Waals surface area contributed by atoms with Crippen LogP contribution in [0.5, 0.6) is 17.2 Å². The van der Waals surface area contributed by atoms with Crippen molar-refractivity contribution in [3.8, 4) is 17.2 Å². The molecule has 0 aliphatic rings. The van der Waals surface area contributed by atoms with Gasteiger partial charge >= 0.3 is 5.97 Å². The molecule has 2 aromatic carbocycles. The molecule has 0 aliphatic carbocycles. The number of carboxylic acids is 1. The minimum Gasteiger partial charge on any atom is -0.493 e. The van der Waals surface area contributed by atoms with Crippen LogP contribution in [0.25, 0.3) is 0 Å². The maximum absolute atomic E-state index is 12.2. The molecule has 35 heavy (non-hydrogen) atoms. The predicted molar refractivity (Wildman–Crippen MR) is 137 cm³/mol. The minimum atomic E-state index is -0.911. The summed E-state index contributed by atoms with van der Waals surface area (Å²) in [6.45, 7) is 11.8. The number of aromatic carboxylic acids is 1. The minimum absolute atomic E-state index is 0.363. The van der Waals surface area contributed by atoms with Crippen LogP contribution in [0.15, 0.2) is 24.3 Å². The molecule has 0 amide bonds. The zero-order chi connectivity index (χ0) is 25.9. The number of nitrogens with zero attached hydrogens (tertiary/aromatic N) is 1. The van der Waals surface area contributed by atoms with E-state index in [-0.39, 0.29) is 0 Å². The van der Waals surface area contributed by atoms with Crippen LogP contribution in [0, 0.1) is 34.6 Å². The first kappa shape index (κ1) is 26.2. The maximum Gasteiger partial charge on any atom is 0.337 e. The van der Waals surface area contributed by atoms with Gasteiger partial charge in [0, 0.05) is 36.6 Å². The second-order valence-electron chi connectivity index (χ2n) is 8.93. The van der Waals surface area contributed by atoms with Crippen LogP contribution in [0.4, 0.5) is 0 Å². The van der Waals surface area contributed by atoms with Crippen molar-refractivity contribution < 1.29 is 24.1 Å². The summed E-state index contributed by atoms with van der Waals surface area (Å²) in [5, 5.41) is 13.4. The molecular weight excluding hydrogens is 444 g/mol. The lowest BCUT2D eigenvalue weighted by Crippen LogP contribution is -2.16. The number of ether oxygens (including phenoxy) is 3. The number of nitrogens with one attached hydrogen (secondary N) is 1. The molecule has 1 aromatic heterocycles. The molecule has 188 valence electrons. The SMILES string of the molecule is COc1cc(CNCc2c(C(=O)O)c(C)n(Cc3c(C)cc(C)cc3C)c2C)cc(OC)c1OC. The summed E-state index contributed by atoms with van der Waals surface area (Å²) in [5.41, 5.74) is 8.71. The zero-order valence-electron chi connectivity index (χ0n) is 22.0. The molecule has 0 atom stereocenters. The molecule has 0 radical (unpaired) electrons. The Morgan fingerprint density at radius 2 is 1.40 bits per heavy atom. The van der Waals surface area contributed by atoms with Crippen LogP contribution >= 0.6 is 0 Å². The fraction of sp³-hybridized carbons (Fsp3) is 0.393. The highest BCUT2D eigenvalue weighted by molar-refractivity contribution is 5.91. The summed E-state index contributed by atoms with van der Waals surface area (Å²) in [6, 6.07) is 8.13. The van der Waals surface area contributed by atoms with E-state index in [1.54, 1.807) is 21.3 Å². The van der Waals surface area contributed by atoms with E-state index in [9.17, 15) is 9.90 Å². The van der Waals surface area contributed by atoms with Crippen molar-refractivity contribution >= 4 is 5.97 Å². The van der Waals surface area contributed by atoms with E-state index in [1.807, 2.05) is 26.0 Å². The normalized spacial score (nSPS) is 11.0. The van der Waals surface area contributed by atoms with Gasteiger partial charge in [-0.3, -0.25) is 0 Å². The fourth-order valence-electron chi connectivity index (χ4n) is 4.87. The van der Waals surface area contributed by atoms with Gasteiger partial charge in [-0.2, -0.15) is 0 Å². The number of hydrogen-bond acceptors (Lipinski definition) is 5. The van der Waals surface area contributed by atoms with Crippen LogP contribution in [-0.2, 0) is 19.6 Å².